The van der Waals surface area contributed by atoms with Crippen LogP contribution in [0.1, 0.15) is 17.3 Å². The summed E-state index contributed by atoms with van der Waals surface area (Å²) in [5.74, 6) is -0.985. The van der Waals surface area contributed by atoms with Crippen LogP contribution in [0.3, 0.4) is 0 Å². The number of anilines is 1. The summed E-state index contributed by atoms with van der Waals surface area (Å²) in [6, 6.07) is 6.75. The maximum atomic E-state index is 12.1. The molecule has 114 valence electrons. The molecule has 0 saturated carbocycles. The summed E-state index contributed by atoms with van der Waals surface area (Å²) in [6.45, 7) is 5.57. The lowest BCUT2D eigenvalue weighted by Crippen LogP contribution is -2.36. The standard InChI is InChI=1S/C15H20N2O4/c1-3-8-17-14(19)11(2)21-15(20)12-6-4-5-7-13(12)16-9-10-18/h3-7,11,16,18H,1,8-10H2,2H3,(H,17,19)/t11-/m1/s1. The second-order valence-corrected chi connectivity index (χ2v) is 4.28. The average Bonchev–Trinajstić information content (AvgIpc) is 2.50. The van der Waals surface area contributed by atoms with Gasteiger partial charge in [0.15, 0.2) is 6.10 Å². The van der Waals surface area contributed by atoms with Crippen molar-refractivity contribution in [2.24, 2.45) is 0 Å². The largest absolute Gasteiger partial charge is 0.449 e. The third kappa shape index (κ3) is 5.27. The SMILES string of the molecule is C=CCNC(=O)[C@@H](C)OC(=O)c1ccccc1NCCO. The first-order chi connectivity index (χ1) is 10.1. The number of amides is 1. The van der Waals surface area contributed by atoms with Crippen molar-refractivity contribution in [2.45, 2.75) is 13.0 Å². The number of hydrogen-bond acceptors (Lipinski definition) is 5. The van der Waals surface area contributed by atoms with Crippen molar-refractivity contribution in [3.63, 3.8) is 0 Å². The Balaban J connectivity index is 2.70. The van der Waals surface area contributed by atoms with Gasteiger partial charge in [-0.2, -0.15) is 0 Å². The summed E-state index contributed by atoms with van der Waals surface area (Å²) in [6.07, 6.45) is 0.643. The Labute approximate surface area is 123 Å². The zero-order valence-electron chi connectivity index (χ0n) is 12.0. The molecule has 0 fully saturated rings. The van der Waals surface area contributed by atoms with E-state index < -0.39 is 12.1 Å². The van der Waals surface area contributed by atoms with Crippen LogP contribution in [0.15, 0.2) is 36.9 Å². The van der Waals surface area contributed by atoms with Crippen LogP contribution in [0.2, 0.25) is 0 Å². The quantitative estimate of drug-likeness (QED) is 0.490. The van der Waals surface area contributed by atoms with Crippen LogP contribution in [0.4, 0.5) is 5.69 Å². The van der Waals surface area contributed by atoms with Gasteiger partial charge in [0, 0.05) is 18.8 Å². The Bertz CT molecular complexity index is 502. The Morgan fingerprint density at radius 2 is 2.14 bits per heavy atom. The Kier molecular flexibility index (Phi) is 6.97. The summed E-state index contributed by atoms with van der Waals surface area (Å²) in [5, 5.41) is 14.3. The van der Waals surface area contributed by atoms with Crippen molar-refractivity contribution < 1.29 is 19.4 Å². The van der Waals surface area contributed by atoms with Gasteiger partial charge in [0.05, 0.1) is 12.2 Å². The first-order valence-corrected chi connectivity index (χ1v) is 6.63. The Morgan fingerprint density at radius 1 is 1.43 bits per heavy atom. The van der Waals surface area contributed by atoms with E-state index >= 15 is 0 Å². The van der Waals surface area contributed by atoms with E-state index in [0.29, 0.717) is 24.3 Å². The van der Waals surface area contributed by atoms with E-state index in [1.54, 1.807) is 30.3 Å². The lowest BCUT2D eigenvalue weighted by molar-refractivity contribution is -0.128. The number of para-hydroxylation sites is 1. The van der Waals surface area contributed by atoms with E-state index in [1.807, 2.05) is 0 Å². The predicted octanol–water partition coefficient (Wildman–Crippen LogP) is 0.938. The highest BCUT2D eigenvalue weighted by Crippen LogP contribution is 2.16. The molecule has 0 radical (unpaired) electrons. The molecule has 0 bridgehead atoms. The van der Waals surface area contributed by atoms with Gasteiger partial charge in [0.25, 0.3) is 5.91 Å². The maximum absolute atomic E-state index is 12.1. The minimum atomic E-state index is -0.900. The predicted molar refractivity (Wildman–Crippen MR) is 80.1 cm³/mol. The van der Waals surface area contributed by atoms with Crippen molar-refractivity contribution in [1.82, 2.24) is 5.32 Å². The molecular weight excluding hydrogens is 272 g/mol. The van der Waals surface area contributed by atoms with Gasteiger partial charge in [-0.25, -0.2) is 4.79 Å². The number of carbonyl (C=O) groups is 2. The van der Waals surface area contributed by atoms with Gasteiger partial charge >= 0.3 is 5.97 Å². The van der Waals surface area contributed by atoms with Gasteiger partial charge in [0.1, 0.15) is 0 Å². The molecule has 1 aromatic carbocycles. The molecule has 1 amide bonds. The van der Waals surface area contributed by atoms with E-state index in [9.17, 15) is 9.59 Å². The molecule has 3 N–H and O–H groups in total. The first-order valence-electron chi connectivity index (χ1n) is 6.63. The molecule has 1 aromatic rings. The molecule has 0 aliphatic carbocycles. The number of ether oxygens (including phenoxy) is 1. The number of nitrogens with one attached hydrogen (secondary N) is 2. The Morgan fingerprint density at radius 3 is 2.81 bits per heavy atom. The van der Waals surface area contributed by atoms with Crippen LogP contribution in [-0.2, 0) is 9.53 Å². The molecule has 0 aliphatic rings. The van der Waals surface area contributed by atoms with Crippen LogP contribution in [0.5, 0.6) is 0 Å². The van der Waals surface area contributed by atoms with Crippen LogP contribution < -0.4 is 10.6 Å². The van der Waals surface area contributed by atoms with E-state index in [4.69, 9.17) is 9.84 Å². The van der Waals surface area contributed by atoms with E-state index in [0.717, 1.165) is 0 Å². The lowest BCUT2D eigenvalue weighted by Gasteiger charge is -2.15. The fourth-order valence-electron chi connectivity index (χ4n) is 1.60. The smallest absolute Gasteiger partial charge is 0.341 e. The topological polar surface area (TPSA) is 87.7 Å². The maximum Gasteiger partial charge on any atom is 0.341 e. The van der Waals surface area contributed by atoms with Gasteiger partial charge in [-0.15, -0.1) is 6.58 Å². The molecule has 6 heteroatoms. The minimum absolute atomic E-state index is 0.0518. The molecule has 1 rings (SSSR count). The van der Waals surface area contributed by atoms with Crippen LogP contribution in [0.25, 0.3) is 0 Å². The van der Waals surface area contributed by atoms with Crippen molar-refractivity contribution in [2.75, 3.05) is 25.0 Å². The van der Waals surface area contributed by atoms with E-state index in [2.05, 4.69) is 17.2 Å². The average molecular weight is 292 g/mol. The van der Waals surface area contributed by atoms with Crippen molar-refractivity contribution in [3.05, 3.63) is 42.5 Å². The van der Waals surface area contributed by atoms with Gasteiger partial charge in [-0.05, 0) is 19.1 Å². The van der Waals surface area contributed by atoms with Crippen molar-refractivity contribution >= 4 is 17.6 Å². The molecule has 0 saturated heterocycles. The number of rotatable bonds is 8. The molecule has 0 unspecified atom stereocenters. The summed E-state index contributed by atoms with van der Waals surface area (Å²) in [7, 11) is 0. The number of aliphatic hydroxyl groups is 1. The summed E-state index contributed by atoms with van der Waals surface area (Å²) in [4.78, 5) is 23.7. The molecule has 21 heavy (non-hydrogen) atoms. The van der Waals surface area contributed by atoms with Gasteiger partial charge in [0.2, 0.25) is 0 Å². The summed E-state index contributed by atoms with van der Waals surface area (Å²) >= 11 is 0. The highest BCUT2D eigenvalue weighted by atomic mass is 16.5. The number of carbonyl (C=O) groups excluding carboxylic acids is 2. The van der Waals surface area contributed by atoms with Crippen molar-refractivity contribution in [3.8, 4) is 0 Å². The highest BCUT2D eigenvalue weighted by molar-refractivity contribution is 5.97. The first kappa shape index (κ1) is 16.7. The van der Waals surface area contributed by atoms with Crippen molar-refractivity contribution in [1.29, 1.82) is 0 Å². The van der Waals surface area contributed by atoms with E-state index in [1.165, 1.54) is 6.92 Å². The molecule has 0 aliphatic heterocycles. The third-order valence-corrected chi connectivity index (χ3v) is 2.65. The molecule has 1 atom stereocenters. The molecular formula is C15H20N2O4. The minimum Gasteiger partial charge on any atom is -0.449 e. The number of hydrogen-bond donors (Lipinski definition) is 3. The lowest BCUT2D eigenvalue weighted by atomic mass is 10.1. The third-order valence-electron chi connectivity index (χ3n) is 2.65. The fourth-order valence-corrected chi connectivity index (χ4v) is 1.60. The summed E-state index contributed by atoms with van der Waals surface area (Å²) in [5.41, 5.74) is 0.865. The number of benzene rings is 1. The fraction of sp³-hybridized carbons (Fsp3) is 0.333. The zero-order valence-corrected chi connectivity index (χ0v) is 12.0. The monoisotopic (exact) mass is 292 g/mol. The molecule has 0 aromatic heterocycles. The van der Waals surface area contributed by atoms with Gasteiger partial charge in [-0.1, -0.05) is 18.2 Å². The number of aliphatic hydroxyl groups excluding tert-OH is 1. The van der Waals surface area contributed by atoms with Gasteiger partial charge in [-0.3, -0.25) is 4.79 Å². The van der Waals surface area contributed by atoms with E-state index in [-0.39, 0.29) is 12.5 Å². The molecule has 6 nitrogen and oxygen atoms in total. The molecule has 0 spiro atoms. The van der Waals surface area contributed by atoms with Crippen LogP contribution in [-0.4, -0.2) is 42.8 Å². The normalized spacial score (nSPS) is 11.3. The Hall–Kier alpha value is -2.34. The molecule has 0 heterocycles. The van der Waals surface area contributed by atoms with Gasteiger partial charge < -0.3 is 20.5 Å². The highest BCUT2D eigenvalue weighted by Gasteiger charge is 2.20. The number of esters is 1. The second kappa shape index (κ2) is 8.76. The summed E-state index contributed by atoms with van der Waals surface area (Å²) < 4.78 is 5.13. The van der Waals surface area contributed by atoms with Crippen LogP contribution in [0, 0.1) is 0 Å². The second-order valence-electron chi connectivity index (χ2n) is 4.28. The zero-order chi connectivity index (χ0) is 15.7. The van der Waals surface area contributed by atoms with Crippen LogP contribution >= 0.6 is 0 Å².